The zero-order chi connectivity index (χ0) is 6.69. The fourth-order valence-electron chi connectivity index (χ4n) is 0.585. The maximum atomic E-state index is 5.45. The van der Waals surface area contributed by atoms with Crippen LogP contribution in [0.1, 0.15) is 11.6 Å². The normalized spacial score (nSPS) is 10.0. The van der Waals surface area contributed by atoms with Crippen molar-refractivity contribution in [3.63, 3.8) is 0 Å². The first-order chi connectivity index (χ1) is 4.33. The van der Waals surface area contributed by atoms with Crippen LogP contribution in [0.2, 0.25) is 0 Å². The molecule has 0 atom stereocenters. The Morgan fingerprint density at radius 2 is 2.44 bits per heavy atom. The zero-order valence-corrected chi connectivity index (χ0v) is 5.94. The van der Waals surface area contributed by atoms with Crippen LogP contribution < -0.4 is 0 Å². The van der Waals surface area contributed by atoms with Crippen LogP contribution in [0.5, 0.6) is 0 Å². The Bertz CT molecular complexity index is 184. The second-order valence-electron chi connectivity index (χ2n) is 1.78. The van der Waals surface area contributed by atoms with Gasteiger partial charge in [0.05, 0.1) is 0 Å². The van der Waals surface area contributed by atoms with E-state index in [2.05, 4.69) is 15.2 Å². The van der Waals surface area contributed by atoms with E-state index in [-0.39, 0.29) is 0 Å². The van der Waals surface area contributed by atoms with Crippen LogP contribution in [0.25, 0.3) is 0 Å². The van der Waals surface area contributed by atoms with Crippen molar-refractivity contribution in [2.24, 2.45) is 0 Å². The first-order valence-electron chi connectivity index (χ1n) is 2.77. The van der Waals surface area contributed by atoms with Gasteiger partial charge in [0, 0.05) is 12.3 Å². The van der Waals surface area contributed by atoms with Gasteiger partial charge in [0.25, 0.3) is 0 Å². The topological polar surface area (TPSA) is 41.6 Å². The van der Waals surface area contributed by atoms with E-state index in [4.69, 9.17) is 11.6 Å². The number of aromatic nitrogens is 3. The highest BCUT2D eigenvalue weighted by Gasteiger charge is 1.95. The summed E-state index contributed by atoms with van der Waals surface area (Å²) in [6.45, 7) is 1.87. The molecule has 1 rings (SSSR count). The van der Waals surface area contributed by atoms with Crippen molar-refractivity contribution in [3.8, 4) is 0 Å². The highest BCUT2D eigenvalue weighted by molar-refractivity contribution is 6.17. The Morgan fingerprint density at radius 1 is 1.67 bits per heavy atom. The molecule has 1 heterocycles. The number of rotatable bonds is 2. The highest BCUT2D eigenvalue weighted by atomic mass is 35.5. The van der Waals surface area contributed by atoms with Gasteiger partial charge >= 0.3 is 0 Å². The summed E-state index contributed by atoms with van der Waals surface area (Å²) in [7, 11) is 0. The van der Waals surface area contributed by atoms with Gasteiger partial charge in [-0.25, -0.2) is 4.98 Å². The quantitative estimate of drug-likeness (QED) is 0.629. The standard InChI is InChI=1S/C5H8ClN3/c1-4-7-5(2-3-6)9-8-4/h2-3H2,1H3,(H,7,8,9). The highest BCUT2D eigenvalue weighted by Crippen LogP contribution is 1.92. The molecule has 0 aliphatic heterocycles. The van der Waals surface area contributed by atoms with E-state index in [1.807, 2.05) is 6.92 Å². The Balaban J connectivity index is 2.61. The van der Waals surface area contributed by atoms with E-state index in [1.165, 1.54) is 0 Å². The van der Waals surface area contributed by atoms with Crippen LogP contribution in [-0.4, -0.2) is 21.1 Å². The molecule has 1 aromatic heterocycles. The Hall–Kier alpha value is -0.570. The molecule has 3 nitrogen and oxygen atoms in total. The Morgan fingerprint density at radius 3 is 2.89 bits per heavy atom. The van der Waals surface area contributed by atoms with Crippen LogP contribution in [0.4, 0.5) is 0 Å². The summed E-state index contributed by atoms with van der Waals surface area (Å²) < 4.78 is 0. The SMILES string of the molecule is Cc1nc(CCCl)n[nH]1. The molecule has 0 unspecified atom stereocenters. The molecular formula is C5H8ClN3. The van der Waals surface area contributed by atoms with Gasteiger partial charge in [-0.15, -0.1) is 11.6 Å². The van der Waals surface area contributed by atoms with Gasteiger partial charge in [0.15, 0.2) is 5.82 Å². The number of halogens is 1. The molecule has 0 bridgehead atoms. The van der Waals surface area contributed by atoms with Crippen LogP contribution in [0.15, 0.2) is 0 Å². The number of nitrogens with one attached hydrogen (secondary N) is 1. The molecule has 9 heavy (non-hydrogen) atoms. The lowest BCUT2D eigenvalue weighted by atomic mass is 10.5. The van der Waals surface area contributed by atoms with Gasteiger partial charge in [-0.3, -0.25) is 5.10 Å². The van der Waals surface area contributed by atoms with Crippen molar-refractivity contribution in [1.29, 1.82) is 0 Å². The molecule has 1 N–H and O–H groups in total. The smallest absolute Gasteiger partial charge is 0.151 e. The number of aryl methyl sites for hydroxylation is 2. The first kappa shape index (κ1) is 6.55. The molecular weight excluding hydrogens is 138 g/mol. The molecule has 0 amide bonds. The van der Waals surface area contributed by atoms with Gasteiger partial charge in [0.2, 0.25) is 0 Å². The van der Waals surface area contributed by atoms with Gasteiger partial charge in [-0.1, -0.05) is 0 Å². The number of alkyl halides is 1. The van der Waals surface area contributed by atoms with Crippen LogP contribution in [0, 0.1) is 6.92 Å². The van der Waals surface area contributed by atoms with Gasteiger partial charge in [0.1, 0.15) is 5.82 Å². The van der Waals surface area contributed by atoms with Crippen LogP contribution >= 0.6 is 11.6 Å². The summed E-state index contributed by atoms with van der Waals surface area (Å²) in [4.78, 5) is 4.05. The maximum Gasteiger partial charge on any atom is 0.151 e. The predicted octanol–water partition coefficient (Wildman–Crippen LogP) is 0.894. The minimum absolute atomic E-state index is 0.581. The van der Waals surface area contributed by atoms with E-state index in [1.54, 1.807) is 0 Å². The molecule has 0 aliphatic rings. The first-order valence-corrected chi connectivity index (χ1v) is 3.30. The third-order valence-corrected chi connectivity index (χ3v) is 1.15. The largest absolute Gasteiger partial charge is 0.263 e. The fraction of sp³-hybridized carbons (Fsp3) is 0.600. The molecule has 0 saturated carbocycles. The summed E-state index contributed by atoms with van der Waals surface area (Å²) in [5.74, 6) is 2.22. The second kappa shape index (κ2) is 2.82. The van der Waals surface area contributed by atoms with E-state index < -0.39 is 0 Å². The maximum absolute atomic E-state index is 5.45. The van der Waals surface area contributed by atoms with Crippen LogP contribution in [-0.2, 0) is 6.42 Å². The minimum atomic E-state index is 0.581. The Kier molecular flexibility index (Phi) is 2.05. The average molecular weight is 146 g/mol. The van der Waals surface area contributed by atoms with Crippen molar-refractivity contribution in [2.75, 3.05) is 5.88 Å². The lowest BCUT2D eigenvalue weighted by Crippen LogP contribution is -1.87. The van der Waals surface area contributed by atoms with E-state index in [0.29, 0.717) is 5.88 Å². The molecule has 0 spiro atoms. The molecule has 0 radical (unpaired) electrons. The Labute approximate surface area is 58.4 Å². The molecule has 4 heteroatoms. The van der Waals surface area contributed by atoms with Crippen molar-refractivity contribution >= 4 is 11.6 Å². The van der Waals surface area contributed by atoms with Crippen molar-refractivity contribution < 1.29 is 0 Å². The third kappa shape index (κ3) is 1.68. The number of hydrogen-bond acceptors (Lipinski definition) is 2. The van der Waals surface area contributed by atoms with E-state index in [0.717, 1.165) is 18.1 Å². The summed E-state index contributed by atoms with van der Waals surface area (Å²) in [6.07, 6.45) is 0.742. The number of nitrogens with zero attached hydrogens (tertiary/aromatic N) is 2. The number of H-pyrrole nitrogens is 1. The predicted molar refractivity (Wildman–Crippen MR) is 35.5 cm³/mol. The molecule has 0 aromatic carbocycles. The van der Waals surface area contributed by atoms with E-state index >= 15 is 0 Å². The summed E-state index contributed by atoms with van der Waals surface area (Å²) >= 11 is 5.45. The lowest BCUT2D eigenvalue weighted by molar-refractivity contribution is 0.949. The second-order valence-corrected chi connectivity index (χ2v) is 2.15. The van der Waals surface area contributed by atoms with E-state index in [9.17, 15) is 0 Å². The van der Waals surface area contributed by atoms with Gasteiger partial charge in [-0.05, 0) is 6.92 Å². The third-order valence-electron chi connectivity index (χ3n) is 0.962. The lowest BCUT2D eigenvalue weighted by Gasteiger charge is -1.81. The molecule has 50 valence electrons. The molecule has 0 aliphatic carbocycles. The summed E-state index contributed by atoms with van der Waals surface area (Å²) in [5.41, 5.74) is 0. The molecule has 0 fully saturated rings. The number of aromatic amines is 1. The van der Waals surface area contributed by atoms with Crippen LogP contribution in [0.3, 0.4) is 0 Å². The van der Waals surface area contributed by atoms with Crippen molar-refractivity contribution in [1.82, 2.24) is 15.2 Å². The van der Waals surface area contributed by atoms with Gasteiger partial charge < -0.3 is 0 Å². The molecule has 0 saturated heterocycles. The van der Waals surface area contributed by atoms with Gasteiger partial charge in [-0.2, -0.15) is 5.10 Å². The average Bonchev–Trinajstić information content (AvgIpc) is 2.17. The number of hydrogen-bond donors (Lipinski definition) is 1. The summed E-state index contributed by atoms with van der Waals surface area (Å²) in [5, 5.41) is 6.62. The van der Waals surface area contributed by atoms with Crippen molar-refractivity contribution in [2.45, 2.75) is 13.3 Å². The molecule has 1 aromatic rings. The fourth-order valence-corrected chi connectivity index (χ4v) is 0.754. The summed E-state index contributed by atoms with van der Waals surface area (Å²) in [6, 6.07) is 0. The van der Waals surface area contributed by atoms with Crippen molar-refractivity contribution in [3.05, 3.63) is 11.6 Å². The minimum Gasteiger partial charge on any atom is -0.263 e. The monoisotopic (exact) mass is 145 g/mol. The zero-order valence-electron chi connectivity index (χ0n) is 5.19.